The topological polar surface area (TPSA) is 101 Å². The van der Waals surface area contributed by atoms with Crippen molar-refractivity contribution in [2.75, 3.05) is 6.61 Å². The monoisotopic (exact) mass is 331 g/mol. The summed E-state index contributed by atoms with van der Waals surface area (Å²) in [5.74, 6) is -0.901. The van der Waals surface area contributed by atoms with Crippen LogP contribution in [0.4, 0.5) is 0 Å². The van der Waals surface area contributed by atoms with E-state index >= 15 is 0 Å². The van der Waals surface area contributed by atoms with Gasteiger partial charge >= 0.3 is 5.97 Å². The van der Waals surface area contributed by atoms with Crippen molar-refractivity contribution >= 4 is 22.6 Å². The Balaban J connectivity index is 1.95. The highest BCUT2D eigenvalue weighted by atomic mass is 16.5. The molecule has 0 spiro atoms. The standard InChI is InChI=1S/C17H21N3O4/c1-3-6-11(2)18-15(21)10-24-16(22)9-14-12-7-4-5-8-13(12)17(23)20-19-14/h4-5,7-8,11H,3,6,9-10H2,1-2H3,(H,18,21)(H,20,23)/t11-/m1/s1. The molecular formula is C17H21N3O4. The molecule has 0 radical (unpaired) electrons. The second-order valence-corrected chi connectivity index (χ2v) is 5.64. The summed E-state index contributed by atoms with van der Waals surface area (Å²) >= 11 is 0. The zero-order chi connectivity index (χ0) is 17.5. The zero-order valence-electron chi connectivity index (χ0n) is 13.8. The van der Waals surface area contributed by atoms with Crippen molar-refractivity contribution in [3.05, 3.63) is 40.3 Å². The Labute approximate surface area is 139 Å². The van der Waals surface area contributed by atoms with Crippen LogP contribution in [0.5, 0.6) is 0 Å². The van der Waals surface area contributed by atoms with Crippen molar-refractivity contribution in [2.45, 2.75) is 39.2 Å². The molecule has 1 amide bonds. The molecule has 1 atom stereocenters. The first-order valence-electron chi connectivity index (χ1n) is 7.92. The van der Waals surface area contributed by atoms with Crippen LogP contribution in [0.1, 0.15) is 32.4 Å². The molecule has 0 saturated carbocycles. The summed E-state index contributed by atoms with van der Waals surface area (Å²) in [5, 5.41) is 10.1. The first kappa shape index (κ1) is 17.7. The number of nitrogens with zero attached hydrogens (tertiary/aromatic N) is 1. The molecule has 2 N–H and O–H groups in total. The van der Waals surface area contributed by atoms with Crippen molar-refractivity contribution in [1.82, 2.24) is 15.5 Å². The number of aromatic nitrogens is 2. The molecule has 0 aliphatic carbocycles. The third-order valence-electron chi connectivity index (χ3n) is 3.58. The summed E-state index contributed by atoms with van der Waals surface area (Å²) < 4.78 is 4.98. The molecule has 1 heterocycles. The quantitative estimate of drug-likeness (QED) is 0.745. The Kier molecular flexibility index (Phi) is 6.06. The molecule has 7 nitrogen and oxygen atoms in total. The summed E-state index contributed by atoms with van der Waals surface area (Å²) in [6.45, 7) is 3.61. The lowest BCUT2D eigenvalue weighted by Gasteiger charge is -2.12. The van der Waals surface area contributed by atoms with E-state index in [2.05, 4.69) is 15.5 Å². The Morgan fingerprint density at radius 2 is 2.00 bits per heavy atom. The molecule has 0 saturated heterocycles. The second kappa shape index (κ2) is 8.24. The van der Waals surface area contributed by atoms with Gasteiger partial charge in [-0.1, -0.05) is 31.5 Å². The van der Waals surface area contributed by atoms with E-state index in [9.17, 15) is 14.4 Å². The highest BCUT2D eigenvalue weighted by molar-refractivity contribution is 5.87. The third-order valence-corrected chi connectivity index (χ3v) is 3.58. The Morgan fingerprint density at radius 1 is 1.29 bits per heavy atom. The third kappa shape index (κ3) is 4.65. The second-order valence-electron chi connectivity index (χ2n) is 5.64. The molecule has 0 unspecified atom stereocenters. The summed E-state index contributed by atoms with van der Waals surface area (Å²) in [5.41, 5.74) is 0.0990. The molecule has 1 aromatic heterocycles. The van der Waals surface area contributed by atoms with Crippen LogP contribution in [-0.4, -0.2) is 34.7 Å². The van der Waals surface area contributed by atoms with E-state index in [-0.39, 0.29) is 30.5 Å². The van der Waals surface area contributed by atoms with E-state index in [1.165, 1.54) is 0 Å². The van der Waals surface area contributed by atoms with E-state index in [0.29, 0.717) is 16.5 Å². The molecule has 1 aromatic carbocycles. The molecule has 2 rings (SSSR count). The molecule has 0 aliphatic heterocycles. The van der Waals surface area contributed by atoms with Gasteiger partial charge in [-0.25, -0.2) is 5.10 Å². The van der Waals surface area contributed by atoms with Crippen molar-refractivity contribution < 1.29 is 14.3 Å². The van der Waals surface area contributed by atoms with Crippen molar-refractivity contribution in [1.29, 1.82) is 0 Å². The normalized spacial score (nSPS) is 11.9. The van der Waals surface area contributed by atoms with Crippen molar-refractivity contribution in [2.24, 2.45) is 0 Å². The van der Waals surface area contributed by atoms with Crippen molar-refractivity contribution in [3.8, 4) is 0 Å². The number of nitrogens with one attached hydrogen (secondary N) is 2. The SMILES string of the molecule is CCC[C@@H](C)NC(=O)COC(=O)Cc1n[nH]c(=O)c2ccccc12. The van der Waals surface area contributed by atoms with Gasteiger partial charge < -0.3 is 10.1 Å². The van der Waals surface area contributed by atoms with Crippen LogP contribution in [0.2, 0.25) is 0 Å². The number of carbonyl (C=O) groups is 2. The minimum absolute atomic E-state index is 0.0472. The first-order valence-corrected chi connectivity index (χ1v) is 7.92. The van der Waals surface area contributed by atoms with Crippen LogP contribution in [0.3, 0.4) is 0 Å². The molecule has 7 heteroatoms. The van der Waals surface area contributed by atoms with Crippen LogP contribution in [0.15, 0.2) is 29.1 Å². The van der Waals surface area contributed by atoms with Gasteiger partial charge in [0, 0.05) is 11.4 Å². The summed E-state index contributed by atoms with van der Waals surface area (Å²) in [7, 11) is 0. The number of hydrogen-bond donors (Lipinski definition) is 2. The Morgan fingerprint density at radius 3 is 2.71 bits per heavy atom. The Bertz CT molecular complexity index is 785. The molecule has 24 heavy (non-hydrogen) atoms. The van der Waals surface area contributed by atoms with Gasteiger partial charge in [0.15, 0.2) is 6.61 Å². The van der Waals surface area contributed by atoms with Gasteiger partial charge in [-0.05, 0) is 19.4 Å². The molecule has 2 aromatic rings. The number of hydrogen-bond acceptors (Lipinski definition) is 5. The van der Waals surface area contributed by atoms with Gasteiger partial charge in [0.2, 0.25) is 0 Å². The number of amides is 1. The molecule has 0 fully saturated rings. The maximum Gasteiger partial charge on any atom is 0.312 e. The van der Waals surface area contributed by atoms with E-state index in [0.717, 1.165) is 12.8 Å². The number of carbonyl (C=O) groups excluding carboxylic acids is 2. The zero-order valence-corrected chi connectivity index (χ0v) is 13.8. The van der Waals surface area contributed by atoms with E-state index in [4.69, 9.17) is 4.74 Å². The lowest BCUT2D eigenvalue weighted by Crippen LogP contribution is -2.35. The number of benzene rings is 1. The predicted molar refractivity (Wildman–Crippen MR) is 89.5 cm³/mol. The number of ether oxygens (including phenoxy) is 1. The van der Waals surface area contributed by atoms with Gasteiger partial charge in [0.1, 0.15) is 0 Å². The fourth-order valence-corrected chi connectivity index (χ4v) is 2.46. The first-order chi connectivity index (χ1) is 11.5. The molecule has 0 bridgehead atoms. The van der Waals surface area contributed by atoms with Crippen LogP contribution in [-0.2, 0) is 20.7 Å². The van der Waals surface area contributed by atoms with Gasteiger partial charge in [0.05, 0.1) is 17.5 Å². The lowest BCUT2D eigenvalue weighted by molar-refractivity contribution is -0.148. The van der Waals surface area contributed by atoms with Crippen LogP contribution >= 0.6 is 0 Å². The van der Waals surface area contributed by atoms with Gasteiger partial charge in [-0.2, -0.15) is 5.10 Å². The fraction of sp³-hybridized carbons (Fsp3) is 0.412. The summed E-state index contributed by atoms with van der Waals surface area (Å²) in [4.78, 5) is 35.3. The number of H-pyrrole nitrogens is 1. The molecule has 128 valence electrons. The number of esters is 1. The average Bonchev–Trinajstić information content (AvgIpc) is 2.56. The van der Waals surface area contributed by atoms with E-state index < -0.39 is 5.97 Å². The van der Waals surface area contributed by atoms with Crippen LogP contribution in [0, 0.1) is 0 Å². The van der Waals surface area contributed by atoms with Crippen LogP contribution < -0.4 is 10.9 Å². The number of fused-ring (bicyclic) bond motifs is 1. The predicted octanol–water partition coefficient (Wildman–Crippen LogP) is 1.31. The minimum atomic E-state index is -0.571. The highest BCUT2D eigenvalue weighted by Gasteiger charge is 2.14. The maximum absolute atomic E-state index is 11.9. The molecule has 0 aliphatic rings. The summed E-state index contributed by atoms with van der Waals surface area (Å²) in [6, 6.07) is 6.93. The van der Waals surface area contributed by atoms with Gasteiger partial charge in [0.25, 0.3) is 11.5 Å². The Hall–Kier alpha value is -2.70. The number of rotatable bonds is 7. The average molecular weight is 331 g/mol. The van der Waals surface area contributed by atoms with E-state index in [1.807, 2.05) is 13.8 Å². The van der Waals surface area contributed by atoms with Gasteiger partial charge in [-0.3, -0.25) is 14.4 Å². The maximum atomic E-state index is 11.9. The van der Waals surface area contributed by atoms with Crippen LogP contribution in [0.25, 0.3) is 10.8 Å². The lowest BCUT2D eigenvalue weighted by atomic mass is 10.1. The minimum Gasteiger partial charge on any atom is -0.455 e. The highest BCUT2D eigenvalue weighted by Crippen LogP contribution is 2.13. The number of aromatic amines is 1. The largest absolute Gasteiger partial charge is 0.455 e. The fourth-order valence-electron chi connectivity index (χ4n) is 2.46. The van der Waals surface area contributed by atoms with Gasteiger partial charge in [-0.15, -0.1) is 0 Å². The molecular weight excluding hydrogens is 310 g/mol. The van der Waals surface area contributed by atoms with Crippen molar-refractivity contribution in [3.63, 3.8) is 0 Å². The summed E-state index contributed by atoms with van der Waals surface area (Å²) in [6.07, 6.45) is 1.72. The smallest absolute Gasteiger partial charge is 0.312 e. The van der Waals surface area contributed by atoms with E-state index in [1.54, 1.807) is 24.3 Å².